The van der Waals surface area contributed by atoms with Gasteiger partial charge < -0.3 is 10.6 Å². The topological polar surface area (TPSA) is 100 Å². The van der Waals surface area contributed by atoms with Gasteiger partial charge in [-0.2, -0.15) is 13.2 Å². The molecule has 1 amide bonds. The number of amides is 1. The lowest BCUT2D eigenvalue weighted by Crippen LogP contribution is -2.23. The summed E-state index contributed by atoms with van der Waals surface area (Å²) in [7, 11) is -3.48. The quantitative estimate of drug-likeness (QED) is 0.567. The van der Waals surface area contributed by atoms with E-state index in [1.807, 2.05) is 0 Å². The van der Waals surface area contributed by atoms with Gasteiger partial charge in [-0.1, -0.05) is 6.07 Å². The number of pyridine rings is 1. The molecule has 0 aliphatic carbocycles. The summed E-state index contributed by atoms with van der Waals surface area (Å²) in [5, 5.41) is 5.79. The van der Waals surface area contributed by atoms with E-state index in [1.165, 1.54) is 30.3 Å². The molecule has 1 unspecified atom stereocenters. The van der Waals surface area contributed by atoms with Crippen LogP contribution in [0.15, 0.2) is 42.6 Å². The molecule has 3 rings (SSSR count). The summed E-state index contributed by atoms with van der Waals surface area (Å²) in [6.07, 6.45) is -1.90. The number of carbonyl (C=O) groups is 1. The number of nitrogens with zero attached hydrogens (tertiary/aromatic N) is 1. The molecular weight excluding hydrogens is 433 g/mol. The lowest BCUT2D eigenvalue weighted by molar-refractivity contribution is -0.141. The third-order valence-electron chi connectivity index (χ3n) is 4.95. The third-order valence-corrected chi connectivity index (χ3v) is 6.27. The minimum atomic E-state index is -4.52. The Hall–Kier alpha value is -2.66. The van der Waals surface area contributed by atoms with Gasteiger partial charge in [-0.15, -0.1) is 0 Å². The first kappa shape index (κ1) is 23.0. The van der Waals surface area contributed by atoms with Crippen molar-refractivity contribution in [3.8, 4) is 0 Å². The number of nitrogens with one attached hydrogen (secondary N) is 3. The zero-order valence-corrected chi connectivity index (χ0v) is 17.4. The summed E-state index contributed by atoms with van der Waals surface area (Å²) in [4.78, 5) is 15.6. The molecule has 0 spiro atoms. The molecule has 168 valence electrons. The van der Waals surface area contributed by atoms with Crippen LogP contribution in [0.1, 0.15) is 34.5 Å². The average molecular weight is 456 g/mol. The van der Waals surface area contributed by atoms with Crippen LogP contribution in [0.3, 0.4) is 0 Å². The predicted octanol–water partition coefficient (Wildman–Crippen LogP) is 2.77. The van der Waals surface area contributed by atoms with Crippen molar-refractivity contribution in [3.05, 3.63) is 59.4 Å². The fraction of sp³-hybridized carbons (Fsp3) is 0.400. The average Bonchev–Trinajstić information content (AvgIpc) is 3.24. The predicted molar refractivity (Wildman–Crippen MR) is 110 cm³/mol. The molecule has 7 nitrogen and oxygen atoms in total. The van der Waals surface area contributed by atoms with Gasteiger partial charge >= 0.3 is 6.18 Å². The monoisotopic (exact) mass is 456 g/mol. The fourth-order valence-electron chi connectivity index (χ4n) is 3.18. The molecule has 31 heavy (non-hydrogen) atoms. The molecule has 0 radical (unpaired) electrons. The molecule has 0 bridgehead atoms. The maximum absolute atomic E-state index is 12.5. The molecular formula is C20H23F3N4O3S. The van der Waals surface area contributed by atoms with Gasteiger partial charge in [0.15, 0.2) is 0 Å². The molecule has 1 aromatic heterocycles. The molecule has 1 aliphatic heterocycles. The second kappa shape index (κ2) is 9.65. The Morgan fingerprint density at radius 1 is 1.16 bits per heavy atom. The third kappa shape index (κ3) is 6.93. The van der Waals surface area contributed by atoms with Gasteiger partial charge in [-0.3, -0.25) is 14.5 Å². The van der Waals surface area contributed by atoms with E-state index in [0.29, 0.717) is 29.2 Å². The van der Waals surface area contributed by atoms with E-state index in [2.05, 4.69) is 20.3 Å². The zero-order chi connectivity index (χ0) is 22.5. The summed E-state index contributed by atoms with van der Waals surface area (Å²) < 4.78 is 64.6. The number of benzene rings is 1. The van der Waals surface area contributed by atoms with Crippen molar-refractivity contribution in [1.82, 2.24) is 15.6 Å². The summed E-state index contributed by atoms with van der Waals surface area (Å²) in [5.74, 6) is -0.0477. The van der Waals surface area contributed by atoms with Crippen molar-refractivity contribution in [2.75, 3.05) is 23.6 Å². The fourth-order valence-corrected chi connectivity index (χ4v) is 4.42. The first-order valence-electron chi connectivity index (χ1n) is 9.74. The van der Waals surface area contributed by atoms with E-state index in [0.717, 1.165) is 31.8 Å². The number of anilines is 1. The highest BCUT2D eigenvalue weighted by atomic mass is 32.2. The van der Waals surface area contributed by atoms with Crippen LogP contribution in [-0.2, 0) is 22.7 Å². The van der Waals surface area contributed by atoms with Gasteiger partial charge in [0.25, 0.3) is 5.91 Å². The normalized spacial score (nSPS) is 16.8. The highest BCUT2D eigenvalue weighted by Gasteiger charge is 2.32. The van der Waals surface area contributed by atoms with Crippen LogP contribution in [0.5, 0.6) is 0 Å². The van der Waals surface area contributed by atoms with Crippen LogP contribution in [-0.4, -0.2) is 38.2 Å². The number of hydrogen-bond donors (Lipinski definition) is 3. The van der Waals surface area contributed by atoms with Crippen LogP contribution < -0.4 is 15.4 Å². The van der Waals surface area contributed by atoms with E-state index in [4.69, 9.17) is 0 Å². The SMILES string of the molecule is O=C(NCc1ccc(C(F)(F)F)nc1)c1ccc(NS(=O)(=O)CCC2CCNC2)cc1. The van der Waals surface area contributed by atoms with Gasteiger partial charge in [-0.05, 0) is 67.7 Å². The lowest BCUT2D eigenvalue weighted by atomic mass is 10.1. The Morgan fingerprint density at radius 2 is 1.90 bits per heavy atom. The van der Waals surface area contributed by atoms with Gasteiger partial charge in [0.05, 0.1) is 5.75 Å². The van der Waals surface area contributed by atoms with Crippen molar-refractivity contribution in [3.63, 3.8) is 0 Å². The standard InChI is InChI=1S/C20H23F3N4O3S/c21-20(22,23)18-6-1-15(12-25-18)13-26-19(28)16-2-4-17(5-3-16)27-31(29,30)10-8-14-7-9-24-11-14/h1-6,12,14,24,27H,7-11,13H2,(H,26,28). The molecule has 2 aromatic rings. The highest BCUT2D eigenvalue weighted by molar-refractivity contribution is 7.92. The zero-order valence-electron chi connectivity index (χ0n) is 16.6. The number of aromatic nitrogens is 1. The second-order valence-electron chi connectivity index (χ2n) is 7.38. The van der Waals surface area contributed by atoms with Crippen molar-refractivity contribution in [2.24, 2.45) is 5.92 Å². The van der Waals surface area contributed by atoms with E-state index < -0.39 is 27.8 Å². The number of alkyl halides is 3. The summed E-state index contributed by atoms with van der Waals surface area (Å²) in [6, 6.07) is 8.02. The minimum absolute atomic E-state index is 0.00831. The Morgan fingerprint density at radius 3 is 2.48 bits per heavy atom. The van der Waals surface area contributed by atoms with Crippen LogP contribution in [0.25, 0.3) is 0 Å². The number of rotatable bonds is 8. The molecule has 1 fully saturated rings. The number of hydrogen-bond acceptors (Lipinski definition) is 5. The van der Waals surface area contributed by atoms with Crippen molar-refractivity contribution < 1.29 is 26.4 Å². The van der Waals surface area contributed by atoms with Crippen LogP contribution in [0.2, 0.25) is 0 Å². The Kier molecular flexibility index (Phi) is 7.16. The number of halogens is 3. The summed E-state index contributed by atoms with van der Waals surface area (Å²) in [5.41, 5.74) is 0.0663. The van der Waals surface area contributed by atoms with E-state index in [-0.39, 0.29) is 12.3 Å². The van der Waals surface area contributed by atoms with E-state index in [1.54, 1.807) is 0 Å². The molecule has 1 aromatic carbocycles. The number of carbonyl (C=O) groups excluding carboxylic acids is 1. The Balaban J connectivity index is 1.50. The molecule has 1 atom stereocenters. The van der Waals surface area contributed by atoms with Crippen LogP contribution in [0, 0.1) is 5.92 Å². The number of sulfonamides is 1. The Labute approximate surface area is 178 Å². The minimum Gasteiger partial charge on any atom is -0.348 e. The molecule has 1 aliphatic rings. The molecule has 0 saturated carbocycles. The Bertz CT molecular complexity index is 988. The largest absolute Gasteiger partial charge is 0.433 e. The van der Waals surface area contributed by atoms with Gasteiger partial charge in [0.2, 0.25) is 10.0 Å². The maximum atomic E-state index is 12.5. The molecule has 3 N–H and O–H groups in total. The summed E-state index contributed by atoms with van der Waals surface area (Å²) in [6.45, 7) is 1.76. The highest BCUT2D eigenvalue weighted by Crippen LogP contribution is 2.27. The van der Waals surface area contributed by atoms with E-state index >= 15 is 0 Å². The molecule has 1 saturated heterocycles. The smallest absolute Gasteiger partial charge is 0.348 e. The lowest BCUT2D eigenvalue weighted by Gasteiger charge is -2.11. The summed E-state index contributed by atoms with van der Waals surface area (Å²) >= 11 is 0. The van der Waals surface area contributed by atoms with E-state index in [9.17, 15) is 26.4 Å². The second-order valence-corrected chi connectivity index (χ2v) is 9.22. The van der Waals surface area contributed by atoms with Crippen LogP contribution in [0.4, 0.5) is 18.9 Å². The maximum Gasteiger partial charge on any atom is 0.433 e. The first-order valence-corrected chi connectivity index (χ1v) is 11.4. The van der Waals surface area contributed by atoms with Crippen LogP contribution >= 0.6 is 0 Å². The van der Waals surface area contributed by atoms with Crippen molar-refractivity contribution in [2.45, 2.75) is 25.6 Å². The van der Waals surface area contributed by atoms with Crippen molar-refractivity contribution in [1.29, 1.82) is 0 Å². The first-order chi connectivity index (χ1) is 14.6. The van der Waals surface area contributed by atoms with Crippen molar-refractivity contribution >= 4 is 21.6 Å². The van der Waals surface area contributed by atoms with Gasteiger partial charge in [0, 0.05) is 24.0 Å². The molecule has 11 heteroatoms. The van der Waals surface area contributed by atoms with Gasteiger partial charge in [-0.25, -0.2) is 8.42 Å². The molecule has 2 heterocycles. The van der Waals surface area contributed by atoms with Gasteiger partial charge in [0.1, 0.15) is 5.69 Å².